The highest BCUT2D eigenvalue weighted by atomic mass is 15.0. The fourth-order valence-electron chi connectivity index (χ4n) is 1.69. The lowest BCUT2D eigenvalue weighted by atomic mass is 10.1. The van der Waals surface area contributed by atoms with Gasteiger partial charge in [-0.15, -0.1) is 0 Å². The zero-order valence-electron chi connectivity index (χ0n) is 10.6. The van der Waals surface area contributed by atoms with Crippen LogP contribution in [0.15, 0.2) is 36.7 Å². The van der Waals surface area contributed by atoms with Crippen molar-refractivity contribution in [2.75, 3.05) is 11.1 Å². The van der Waals surface area contributed by atoms with E-state index in [1.54, 1.807) is 6.20 Å². The molecular weight excluding hydrogens is 224 g/mol. The third-order valence-corrected chi connectivity index (χ3v) is 2.72. The molecule has 4 heteroatoms. The molecule has 1 aromatic carbocycles. The van der Waals surface area contributed by atoms with Crippen LogP contribution in [-0.2, 0) is 6.42 Å². The molecule has 0 saturated carbocycles. The van der Waals surface area contributed by atoms with E-state index in [9.17, 15) is 0 Å². The van der Waals surface area contributed by atoms with Crippen molar-refractivity contribution in [2.24, 2.45) is 0 Å². The van der Waals surface area contributed by atoms with Gasteiger partial charge in [-0.1, -0.05) is 25.5 Å². The first-order valence-electron chi connectivity index (χ1n) is 6.21. The van der Waals surface area contributed by atoms with Crippen LogP contribution in [0.1, 0.15) is 25.3 Å². The van der Waals surface area contributed by atoms with E-state index in [0.29, 0.717) is 11.6 Å². The zero-order valence-corrected chi connectivity index (χ0v) is 10.6. The topological polar surface area (TPSA) is 63.8 Å². The molecule has 0 bridgehead atoms. The molecule has 0 unspecified atom stereocenters. The number of hydrogen-bond acceptors (Lipinski definition) is 4. The number of aryl methyl sites for hydroxylation is 1. The van der Waals surface area contributed by atoms with Gasteiger partial charge in [0, 0.05) is 5.69 Å². The highest BCUT2D eigenvalue weighted by Crippen LogP contribution is 2.15. The van der Waals surface area contributed by atoms with Gasteiger partial charge < -0.3 is 11.1 Å². The fourth-order valence-corrected chi connectivity index (χ4v) is 1.69. The van der Waals surface area contributed by atoms with Crippen molar-refractivity contribution in [3.8, 4) is 0 Å². The van der Waals surface area contributed by atoms with E-state index in [0.717, 1.165) is 12.1 Å². The molecular formula is C14H18N4. The first-order chi connectivity index (χ1) is 8.78. The molecule has 0 aliphatic heterocycles. The van der Waals surface area contributed by atoms with Gasteiger partial charge in [0.05, 0.1) is 12.4 Å². The molecule has 3 N–H and O–H groups in total. The lowest BCUT2D eigenvalue weighted by Crippen LogP contribution is -1.97. The smallest absolute Gasteiger partial charge is 0.149 e. The zero-order chi connectivity index (χ0) is 12.8. The predicted molar refractivity (Wildman–Crippen MR) is 74.8 cm³/mol. The number of nitrogens with two attached hydrogens (primary N) is 1. The number of nitrogens with one attached hydrogen (secondary N) is 1. The lowest BCUT2D eigenvalue weighted by Gasteiger charge is -2.06. The Morgan fingerprint density at radius 1 is 1.11 bits per heavy atom. The fraction of sp³-hybridized carbons (Fsp3) is 0.286. The van der Waals surface area contributed by atoms with Gasteiger partial charge in [-0.25, -0.2) is 9.97 Å². The molecule has 0 saturated heterocycles. The molecule has 0 radical (unpaired) electrons. The first-order valence-corrected chi connectivity index (χ1v) is 6.21. The summed E-state index contributed by atoms with van der Waals surface area (Å²) in [7, 11) is 0. The van der Waals surface area contributed by atoms with Gasteiger partial charge in [0.1, 0.15) is 11.6 Å². The molecule has 94 valence electrons. The summed E-state index contributed by atoms with van der Waals surface area (Å²) in [5, 5.41) is 3.19. The van der Waals surface area contributed by atoms with Crippen LogP contribution in [0.5, 0.6) is 0 Å². The average Bonchev–Trinajstić information content (AvgIpc) is 2.41. The summed E-state index contributed by atoms with van der Waals surface area (Å²) in [6.07, 6.45) is 6.76. The van der Waals surface area contributed by atoms with Crippen LogP contribution < -0.4 is 11.1 Å². The van der Waals surface area contributed by atoms with Crippen LogP contribution in [0.2, 0.25) is 0 Å². The number of rotatable bonds is 5. The molecule has 2 rings (SSSR count). The van der Waals surface area contributed by atoms with Gasteiger partial charge in [0.2, 0.25) is 0 Å². The molecule has 0 aliphatic carbocycles. The summed E-state index contributed by atoms with van der Waals surface area (Å²) >= 11 is 0. The number of anilines is 3. The number of unbranched alkanes of at least 4 members (excludes halogenated alkanes) is 1. The predicted octanol–water partition coefficient (Wildman–Crippen LogP) is 3.15. The standard InChI is InChI=1S/C14H18N4/c1-2-3-4-11-5-7-12(8-6-11)18-14-10-16-13(15)9-17-14/h5-10H,2-4H2,1H3,(H2,15,16)(H,17,18). The second kappa shape index (κ2) is 6.00. The summed E-state index contributed by atoms with van der Waals surface area (Å²) in [5.74, 6) is 1.13. The van der Waals surface area contributed by atoms with Gasteiger partial charge in [-0.05, 0) is 30.5 Å². The minimum absolute atomic E-state index is 0.426. The van der Waals surface area contributed by atoms with E-state index < -0.39 is 0 Å². The second-order valence-electron chi connectivity index (χ2n) is 4.25. The van der Waals surface area contributed by atoms with Crippen molar-refractivity contribution < 1.29 is 0 Å². The number of aromatic nitrogens is 2. The minimum Gasteiger partial charge on any atom is -0.382 e. The van der Waals surface area contributed by atoms with Gasteiger partial charge in [-0.2, -0.15) is 0 Å². The molecule has 1 aromatic heterocycles. The molecule has 0 fully saturated rings. The minimum atomic E-state index is 0.426. The summed E-state index contributed by atoms with van der Waals surface area (Å²) in [4.78, 5) is 8.13. The maximum atomic E-state index is 5.49. The van der Waals surface area contributed by atoms with Crippen molar-refractivity contribution in [3.63, 3.8) is 0 Å². The van der Waals surface area contributed by atoms with E-state index >= 15 is 0 Å². The molecule has 18 heavy (non-hydrogen) atoms. The molecule has 1 heterocycles. The quantitative estimate of drug-likeness (QED) is 0.845. The van der Waals surface area contributed by atoms with Crippen LogP contribution in [0, 0.1) is 0 Å². The van der Waals surface area contributed by atoms with E-state index in [1.165, 1.54) is 24.6 Å². The summed E-state index contributed by atoms with van der Waals surface area (Å²) < 4.78 is 0. The Labute approximate surface area is 107 Å². The Kier molecular flexibility index (Phi) is 4.12. The highest BCUT2D eigenvalue weighted by molar-refractivity contribution is 5.56. The molecule has 0 amide bonds. The van der Waals surface area contributed by atoms with Crippen LogP contribution in [-0.4, -0.2) is 9.97 Å². The third-order valence-electron chi connectivity index (χ3n) is 2.72. The van der Waals surface area contributed by atoms with Gasteiger partial charge in [-0.3, -0.25) is 0 Å². The number of hydrogen-bond donors (Lipinski definition) is 2. The van der Waals surface area contributed by atoms with E-state index in [1.807, 2.05) is 0 Å². The van der Waals surface area contributed by atoms with Crippen LogP contribution >= 0.6 is 0 Å². The first kappa shape index (κ1) is 12.4. The lowest BCUT2D eigenvalue weighted by molar-refractivity contribution is 0.795. The van der Waals surface area contributed by atoms with Crippen molar-refractivity contribution in [3.05, 3.63) is 42.2 Å². The molecule has 4 nitrogen and oxygen atoms in total. The monoisotopic (exact) mass is 242 g/mol. The second-order valence-corrected chi connectivity index (χ2v) is 4.25. The summed E-state index contributed by atoms with van der Waals surface area (Å²) in [6.45, 7) is 2.20. The Bertz CT molecular complexity index is 476. The van der Waals surface area contributed by atoms with Gasteiger partial charge >= 0.3 is 0 Å². The van der Waals surface area contributed by atoms with Crippen molar-refractivity contribution >= 4 is 17.3 Å². The molecule has 0 spiro atoms. The van der Waals surface area contributed by atoms with E-state index in [2.05, 4.69) is 46.5 Å². The maximum Gasteiger partial charge on any atom is 0.149 e. The SMILES string of the molecule is CCCCc1ccc(Nc2cnc(N)cn2)cc1. The van der Waals surface area contributed by atoms with Crippen LogP contribution in [0.25, 0.3) is 0 Å². The molecule has 0 atom stereocenters. The largest absolute Gasteiger partial charge is 0.382 e. The number of benzene rings is 1. The van der Waals surface area contributed by atoms with Gasteiger partial charge in [0.25, 0.3) is 0 Å². The molecule has 0 aliphatic rings. The highest BCUT2D eigenvalue weighted by Gasteiger charge is 1.97. The van der Waals surface area contributed by atoms with Crippen molar-refractivity contribution in [1.82, 2.24) is 9.97 Å². The maximum absolute atomic E-state index is 5.49. The summed E-state index contributed by atoms with van der Waals surface area (Å²) in [5.41, 5.74) is 7.86. The summed E-state index contributed by atoms with van der Waals surface area (Å²) in [6, 6.07) is 8.40. The Morgan fingerprint density at radius 2 is 1.89 bits per heavy atom. The Hall–Kier alpha value is -2.10. The number of nitrogen functional groups attached to an aromatic ring is 1. The third kappa shape index (κ3) is 3.45. The Morgan fingerprint density at radius 3 is 2.50 bits per heavy atom. The number of nitrogens with zero attached hydrogens (tertiary/aromatic N) is 2. The van der Waals surface area contributed by atoms with Crippen molar-refractivity contribution in [1.29, 1.82) is 0 Å². The van der Waals surface area contributed by atoms with Crippen molar-refractivity contribution in [2.45, 2.75) is 26.2 Å². The normalized spacial score (nSPS) is 10.3. The van der Waals surface area contributed by atoms with Crippen LogP contribution in [0.3, 0.4) is 0 Å². The van der Waals surface area contributed by atoms with Gasteiger partial charge in [0.15, 0.2) is 0 Å². The molecule has 2 aromatic rings. The van der Waals surface area contributed by atoms with Crippen LogP contribution in [0.4, 0.5) is 17.3 Å². The Balaban J connectivity index is 1.99. The van der Waals surface area contributed by atoms with E-state index in [-0.39, 0.29) is 0 Å². The van der Waals surface area contributed by atoms with E-state index in [4.69, 9.17) is 5.73 Å². The average molecular weight is 242 g/mol.